The van der Waals surface area contributed by atoms with Gasteiger partial charge in [0, 0.05) is 6.42 Å². The summed E-state index contributed by atoms with van der Waals surface area (Å²) >= 11 is 0. The van der Waals surface area contributed by atoms with Crippen LogP contribution in [0.4, 0.5) is 0 Å². The Hall–Kier alpha value is -2.85. The minimum Gasteiger partial charge on any atom is -0.481 e. The second kappa shape index (κ2) is 13.6. The molecule has 0 spiro atoms. The number of allylic oxidation sites excluding steroid dienone is 3. The first-order valence-electron chi connectivity index (χ1n) is 6.36. The van der Waals surface area contributed by atoms with E-state index in [4.69, 9.17) is 11.5 Å². The Kier molecular flexibility index (Phi) is 11.7. The average Bonchev–Trinajstić information content (AvgIpc) is 2.45. The van der Waals surface area contributed by atoms with Crippen LogP contribution >= 0.6 is 0 Å². The van der Waals surface area contributed by atoms with E-state index in [1.807, 2.05) is 0 Å². The molecule has 0 radical (unpaired) electrons. The largest absolute Gasteiger partial charge is 0.481 e. The summed E-state index contributed by atoms with van der Waals surface area (Å²) in [6, 6.07) is 0. The molecule has 0 aromatic carbocycles. The predicted octanol–water partition coefficient (Wildman–Crippen LogP) is 1.75. The molecule has 0 heterocycles. The highest BCUT2D eigenvalue weighted by Crippen LogP contribution is 2.04. The fraction of sp³-hybridized carbons (Fsp3) is 0.278. The molecule has 2 N–H and O–H groups in total. The molecule has 0 aromatic rings. The van der Waals surface area contributed by atoms with Gasteiger partial charge in [-0.05, 0) is 60.9 Å². The van der Waals surface area contributed by atoms with Gasteiger partial charge in [0.25, 0.3) is 0 Å². The van der Waals surface area contributed by atoms with Crippen LogP contribution in [0.1, 0.15) is 25.7 Å². The van der Waals surface area contributed by atoms with Crippen molar-refractivity contribution in [1.82, 2.24) is 0 Å². The monoisotopic (exact) mass is 280 g/mol. The smallest absolute Gasteiger partial charge is 0.303 e. The minimum atomic E-state index is -0.810. The van der Waals surface area contributed by atoms with Crippen molar-refractivity contribution >= 4 is 5.97 Å². The molecule has 0 aliphatic carbocycles. The molecule has 0 saturated heterocycles. The summed E-state index contributed by atoms with van der Waals surface area (Å²) in [6.45, 7) is 0. The zero-order chi connectivity index (χ0) is 15.8. The molecule has 0 aromatic heterocycles. The van der Waals surface area contributed by atoms with Gasteiger partial charge < -0.3 is 10.2 Å². The van der Waals surface area contributed by atoms with Crippen LogP contribution in [0.5, 0.6) is 0 Å². The molecular formula is C18H16O3. The van der Waals surface area contributed by atoms with Crippen molar-refractivity contribution in [3.8, 4) is 47.9 Å². The van der Waals surface area contributed by atoms with Crippen molar-refractivity contribution < 1.29 is 15.0 Å². The normalized spacial score (nSPS) is 10.5. The van der Waals surface area contributed by atoms with Crippen LogP contribution in [0.2, 0.25) is 0 Å². The standard InChI is InChI=1S/C18H16O3/c1-2-3-4-5-6-7-8-9-10-11-14-17(19)15-12-13-16-18(20)21/h1,9-11,14,17,19H,12-13,15-16H2,(H,20,21)/t17-/m1/s1. The zero-order valence-electron chi connectivity index (χ0n) is 11.6. The lowest BCUT2D eigenvalue weighted by Gasteiger charge is -2.03. The van der Waals surface area contributed by atoms with E-state index >= 15 is 0 Å². The van der Waals surface area contributed by atoms with Crippen molar-refractivity contribution in [1.29, 1.82) is 0 Å². The number of carbonyl (C=O) groups is 1. The maximum atomic E-state index is 10.3. The number of aliphatic hydroxyl groups excluding tert-OH is 1. The molecule has 0 unspecified atom stereocenters. The summed E-state index contributed by atoms with van der Waals surface area (Å²) in [5.74, 6) is 16.3. The average molecular weight is 280 g/mol. The Morgan fingerprint density at radius 2 is 1.81 bits per heavy atom. The van der Waals surface area contributed by atoms with E-state index in [0.29, 0.717) is 19.3 Å². The van der Waals surface area contributed by atoms with E-state index in [1.165, 1.54) is 0 Å². The highest BCUT2D eigenvalue weighted by Gasteiger charge is 2.00. The fourth-order valence-corrected chi connectivity index (χ4v) is 1.23. The Balaban J connectivity index is 3.90. The van der Waals surface area contributed by atoms with E-state index in [0.717, 1.165) is 0 Å². The predicted molar refractivity (Wildman–Crippen MR) is 82.6 cm³/mol. The summed E-state index contributed by atoms with van der Waals surface area (Å²) in [4.78, 5) is 10.3. The van der Waals surface area contributed by atoms with Crippen molar-refractivity contribution in [3.05, 3.63) is 24.3 Å². The van der Waals surface area contributed by atoms with Gasteiger partial charge in [0.1, 0.15) is 0 Å². The van der Waals surface area contributed by atoms with Crippen LogP contribution in [0, 0.1) is 47.9 Å². The molecule has 3 heteroatoms. The minimum absolute atomic E-state index is 0.138. The van der Waals surface area contributed by atoms with Crippen molar-refractivity contribution in [2.24, 2.45) is 0 Å². The molecule has 106 valence electrons. The van der Waals surface area contributed by atoms with E-state index in [-0.39, 0.29) is 6.42 Å². The van der Waals surface area contributed by atoms with Gasteiger partial charge in [-0.25, -0.2) is 0 Å². The third-order valence-electron chi connectivity index (χ3n) is 2.16. The summed E-state index contributed by atoms with van der Waals surface area (Å²) in [7, 11) is 0. The van der Waals surface area contributed by atoms with Crippen LogP contribution in [-0.4, -0.2) is 22.3 Å². The lowest BCUT2D eigenvalue weighted by Crippen LogP contribution is -2.02. The third-order valence-corrected chi connectivity index (χ3v) is 2.16. The number of rotatable bonds is 7. The van der Waals surface area contributed by atoms with Gasteiger partial charge in [-0.15, -0.1) is 6.42 Å². The Morgan fingerprint density at radius 1 is 1.10 bits per heavy atom. The topological polar surface area (TPSA) is 57.5 Å². The van der Waals surface area contributed by atoms with E-state index < -0.39 is 12.1 Å². The van der Waals surface area contributed by atoms with E-state index in [9.17, 15) is 9.90 Å². The first-order valence-corrected chi connectivity index (χ1v) is 6.36. The van der Waals surface area contributed by atoms with E-state index in [2.05, 4.69) is 41.4 Å². The number of carboxylic acids is 1. The van der Waals surface area contributed by atoms with Gasteiger partial charge in [0.05, 0.1) is 6.10 Å². The third kappa shape index (κ3) is 15.1. The molecule has 0 saturated carbocycles. The van der Waals surface area contributed by atoms with Crippen molar-refractivity contribution in [2.75, 3.05) is 0 Å². The second-order valence-corrected chi connectivity index (χ2v) is 3.86. The van der Waals surface area contributed by atoms with Crippen LogP contribution in [0.3, 0.4) is 0 Å². The van der Waals surface area contributed by atoms with E-state index in [1.54, 1.807) is 24.3 Å². The van der Waals surface area contributed by atoms with Gasteiger partial charge in [-0.2, -0.15) is 0 Å². The molecule has 0 aliphatic rings. The molecule has 0 aliphatic heterocycles. The number of aliphatic hydroxyl groups is 1. The fourth-order valence-electron chi connectivity index (χ4n) is 1.23. The lowest BCUT2D eigenvalue weighted by atomic mass is 10.1. The number of terminal acetylenes is 1. The van der Waals surface area contributed by atoms with Crippen molar-refractivity contribution in [3.63, 3.8) is 0 Å². The number of hydrogen-bond donors (Lipinski definition) is 2. The summed E-state index contributed by atoms with van der Waals surface area (Å²) in [5, 5.41) is 18.0. The molecule has 0 bridgehead atoms. The Morgan fingerprint density at radius 3 is 2.52 bits per heavy atom. The van der Waals surface area contributed by atoms with Gasteiger partial charge in [0.2, 0.25) is 0 Å². The number of unbranched alkanes of at least 4 members (excludes halogenated alkanes) is 1. The van der Waals surface area contributed by atoms with Crippen LogP contribution in [0.15, 0.2) is 24.3 Å². The van der Waals surface area contributed by atoms with Crippen LogP contribution < -0.4 is 0 Å². The molecule has 1 atom stereocenters. The molecule has 0 fully saturated rings. The second-order valence-electron chi connectivity index (χ2n) is 3.86. The summed E-state index contributed by atoms with van der Waals surface area (Å²) in [5.41, 5.74) is 0. The van der Waals surface area contributed by atoms with Crippen LogP contribution in [-0.2, 0) is 4.79 Å². The van der Waals surface area contributed by atoms with Gasteiger partial charge in [-0.1, -0.05) is 24.1 Å². The first kappa shape index (κ1) is 18.1. The molecule has 21 heavy (non-hydrogen) atoms. The molecular weight excluding hydrogens is 264 g/mol. The van der Waals surface area contributed by atoms with Crippen LogP contribution in [0.25, 0.3) is 0 Å². The summed E-state index contributed by atoms with van der Waals surface area (Å²) < 4.78 is 0. The van der Waals surface area contributed by atoms with Crippen molar-refractivity contribution in [2.45, 2.75) is 31.8 Å². The van der Waals surface area contributed by atoms with Gasteiger partial charge in [0.15, 0.2) is 0 Å². The van der Waals surface area contributed by atoms with Gasteiger partial charge in [-0.3, -0.25) is 4.79 Å². The maximum Gasteiger partial charge on any atom is 0.303 e. The Bertz CT molecular complexity index is 599. The highest BCUT2D eigenvalue weighted by atomic mass is 16.4. The lowest BCUT2D eigenvalue weighted by molar-refractivity contribution is -0.137. The molecule has 0 rings (SSSR count). The Labute approximate surface area is 125 Å². The number of carboxylic acid groups (broad SMARTS) is 1. The quantitative estimate of drug-likeness (QED) is 0.424. The molecule has 0 amide bonds. The number of hydrogen-bond acceptors (Lipinski definition) is 2. The van der Waals surface area contributed by atoms with Gasteiger partial charge >= 0.3 is 5.97 Å². The maximum absolute atomic E-state index is 10.3. The molecule has 3 nitrogen and oxygen atoms in total. The highest BCUT2D eigenvalue weighted by molar-refractivity contribution is 5.66. The SMILES string of the molecule is C#CC#CC#CC#CC=CC=C[C@@H](O)CCCCC(=O)O. The number of aliphatic carboxylic acids is 1. The summed E-state index contributed by atoms with van der Waals surface area (Å²) in [6.07, 6.45) is 12.9. The zero-order valence-corrected chi connectivity index (χ0v) is 11.6. The first-order chi connectivity index (χ1) is 10.2.